The molecule has 0 radical (unpaired) electrons. The van der Waals surface area contributed by atoms with Crippen molar-refractivity contribution < 1.29 is 28.5 Å². The Morgan fingerprint density at radius 1 is 0.403 bits per heavy atom. The van der Waals surface area contributed by atoms with Gasteiger partial charge >= 0.3 is 0 Å². The van der Waals surface area contributed by atoms with Gasteiger partial charge in [0.2, 0.25) is 0 Å². The van der Waals surface area contributed by atoms with Crippen molar-refractivity contribution in [1.82, 2.24) is 0 Å². The Bertz CT molecular complexity index is 2940. The first-order valence-electron chi connectivity index (χ1n) is 22.9. The van der Waals surface area contributed by atoms with Crippen LogP contribution in [-0.2, 0) is 0 Å². The van der Waals surface area contributed by atoms with Crippen molar-refractivity contribution in [1.29, 1.82) is 0 Å². The Morgan fingerprint density at radius 2 is 0.761 bits per heavy atom. The van der Waals surface area contributed by atoms with Crippen LogP contribution >= 0.6 is 0 Å². The fraction of sp³-hybridized carbons (Fsp3) is 0.213. The highest BCUT2D eigenvalue weighted by Gasteiger charge is 2.25. The Hall–Kier alpha value is -7.18. The second-order valence-electron chi connectivity index (χ2n) is 18.3. The van der Waals surface area contributed by atoms with Crippen molar-refractivity contribution in [2.75, 3.05) is 0 Å². The smallest absolute Gasteiger partial charge is 0.131 e. The van der Waals surface area contributed by atoms with Crippen LogP contribution in [0.1, 0.15) is 64.8 Å². The van der Waals surface area contributed by atoms with Crippen LogP contribution in [0.5, 0.6) is 23.0 Å². The van der Waals surface area contributed by atoms with Gasteiger partial charge in [-0.3, -0.25) is 0 Å². The molecule has 0 aliphatic rings. The van der Waals surface area contributed by atoms with Crippen LogP contribution < -0.4 is 9.47 Å². The van der Waals surface area contributed by atoms with Crippen LogP contribution in [0.3, 0.4) is 0 Å². The number of phenols is 2. The Kier molecular flexibility index (Phi) is 13.1. The molecule has 0 aliphatic carbocycles. The van der Waals surface area contributed by atoms with Gasteiger partial charge in [-0.05, 0) is 208 Å². The van der Waals surface area contributed by atoms with Gasteiger partial charge in [-0.15, -0.1) is 0 Å². The van der Waals surface area contributed by atoms with Gasteiger partial charge in [-0.1, -0.05) is 72.8 Å². The molecule has 67 heavy (non-hydrogen) atoms. The average Bonchev–Trinajstić information content (AvgIpc) is 3.30. The summed E-state index contributed by atoms with van der Waals surface area (Å²) in [6.45, 7) is 20.2. The maximum absolute atomic E-state index is 15.2. The van der Waals surface area contributed by atoms with Crippen LogP contribution in [-0.4, -0.2) is 22.4 Å². The van der Waals surface area contributed by atoms with Crippen LogP contribution in [0.15, 0.2) is 133 Å². The van der Waals surface area contributed by atoms with Gasteiger partial charge < -0.3 is 19.7 Å². The monoisotopic (exact) mass is 892 g/mol. The van der Waals surface area contributed by atoms with Gasteiger partial charge in [-0.25, -0.2) is 8.78 Å². The molecule has 0 saturated heterocycles. The number of aromatic hydroxyl groups is 2. The molecule has 0 unspecified atom stereocenters. The molecule has 2 atom stereocenters. The van der Waals surface area contributed by atoms with Gasteiger partial charge in [0.15, 0.2) is 0 Å². The molecule has 0 saturated carbocycles. The fourth-order valence-electron chi connectivity index (χ4n) is 9.71. The number of ether oxygens (including phenoxy) is 2. The zero-order valence-corrected chi connectivity index (χ0v) is 40.0. The summed E-state index contributed by atoms with van der Waals surface area (Å²) < 4.78 is 43.6. The lowest BCUT2D eigenvalue weighted by atomic mass is 9.84. The molecule has 0 heterocycles. The Morgan fingerprint density at radius 3 is 1.13 bits per heavy atom. The predicted molar refractivity (Wildman–Crippen MR) is 271 cm³/mol. The van der Waals surface area contributed by atoms with Gasteiger partial charge in [0.1, 0.15) is 34.6 Å². The van der Waals surface area contributed by atoms with E-state index in [0.29, 0.717) is 51.3 Å². The molecule has 8 rings (SSSR count). The summed E-state index contributed by atoms with van der Waals surface area (Å²) in [7, 11) is 0. The summed E-state index contributed by atoms with van der Waals surface area (Å²) in [6.07, 6.45) is -0.471. The number of phenolic OH excluding ortho intramolecular Hbond substituents is 2. The van der Waals surface area contributed by atoms with Crippen molar-refractivity contribution in [2.24, 2.45) is 0 Å². The molecular weight excluding hydrogens is 835 g/mol. The first-order valence-corrected chi connectivity index (χ1v) is 22.9. The first-order chi connectivity index (χ1) is 32.0. The van der Waals surface area contributed by atoms with Crippen molar-refractivity contribution in [2.45, 2.75) is 87.9 Å². The molecule has 0 spiro atoms. The van der Waals surface area contributed by atoms with E-state index in [4.69, 9.17) is 9.47 Å². The van der Waals surface area contributed by atoms with E-state index in [9.17, 15) is 10.2 Å². The van der Waals surface area contributed by atoms with Crippen LogP contribution in [0, 0.1) is 67.0 Å². The molecule has 6 heteroatoms. The van der Waals surface area contributed by atoms with Crippen molar-refractivity contribution in [3.05, 3.63) is 190 Å². The van der Waals surface area contributed by atoms with E-state index in [1.165, 1.54) is 24.3 Å². The summed E-state index contributed by atoms with van der Waals surface area (Å²) in [5.41, 5.74) is 17.5. The zero-order valence-electron chi connectivity index (χ0n) is 40.0. The van der Waals surface area contributed by atoms with E-state index in [0.717, 1.165) is 77.9 Å². The van der Waals surface area contributed by atoms with Crippen molar-refractivity contribution >= 4 is 0 Å². The number of halogens is 2. The largest absolute Gasteiger partial charge is 0.507 e. The molecule has 340 valence electrons. The quantitative estimate of drug-likeness (QED) is 0.128. The summed E-state index contributed by atoms with van der Waals surface area (Å²) in [5, 5.41) is 24.4. The van der Waals surface area contributed by atoms with Gasteiger partial charge in [0.25, 0.3) is 0 Å². The van der Waals surface area contributed by atoms with Crippen molar-refractivity contribution in [3.63, 3.8) is 0 Å². The van der Waals surface area contributed by atoms with Gasteiger partial charge in [0, 0.05) is 39.8 Å². The number of hydrogen-bond donors (Lipinski definition) is 2. The SMILES string of the molecule is Cc1cc(-c2cc(F)ccc2O[C@H](C)C[C@H](C)Oc2ccc(F)cc2-c2cc(C)cc(-c3c(C)c(C)cc(-c4ccccc4)c3C)c2O)c(O)c(-c2c(C)c(C)cc(-c3ccccc3)c2C)c1. The Labute approximate surface area is 394 Å². The van der Waals surface area contributed by atoms with Crippen LogP contribution in [0.4, 0.5) is 8.78 Å². The normalized spacial score (nSPS) is 12.2. The average molecular weight is 893 g/mol. The number of benzene rings is 8. The molecule has 8 aromatic carbocycles. The maximum atomic E-state index is 15.2. The van der Waals surface area contributed by atoms with E-state index in [2.05, 4.69) is 77.9 Å². The summed E-state index contributed by atoms with van der Waals surface area (Å²) in [6, 6.07) is 41.2. The predicted octanol–water partition coefficient (Wildman–Crippen LogP) is 16.5. The van der Waals surface area contributed by atoms with E-state index in [1.54, 1.807) is 12.1 Å². The molecule has 0 amide bonds. The lowest BCUT2D eigenvalue weighted by Crippen LogP contribution is -2.23. The molecule has 2 N–H and O–H groups in total. The van der Waals surface area contributed by atoms with E-state index in [-0.39, 0.29) is 11.5 Å². The highest BCUT2D eigenvalue weighted by atomic mass is 19.1. The Balaban J connectivity index is 1.09. The minimum atomic E-state index is -0.459. The number of rotatable bonds is 12. The maximum Gasteiger partial charge on any atom is 0.131 e. The standard InChI is InChI=1S/C61H58F2O4/c1-34-25-52(60(64)54(27-34)58-40(7)36(3)29-48(42(58)9)44-17-13-11-14-18-44)50-32-46(62)21-23-56(50)66-38(5)31-39(6)67-57-24-22-47(63)33-51(57)53-26-35(2)28-55(61(53)65)59-41(8)37(4)30-49(43(59)10)45-19-15-12-16-20-45/h11-30,32-33,38-39,64-65H,31H2,1-10H3/t38-,39+. The van der Waals surface area contributed by atoms with Crippen LogP contribution in [0.25, 0.3) is 66.8 Å². The molecule has 0 fully saturated rings. The molecule has 8 aromatic rings. The molecule has 0 bridgehead atoms. The summed E-state index contributed by atoms with van der Waals surface area (Å²) in [4.78, 5) is 0. The lowest BCUT2D eigenvalue weighted by molar-refractivity contribution is 0.131. The molecule has 0 aromatic heterocycles. The third-order valence-electron chi connectivity index (χ3n) is 13.2. The van der Waals surface area contributed by atoms with Gasteiger partial charge in [0.05, 0.1) is 12.2 Å². The fourth-order valence-corrected chi connectivity index (χ4v) is 9.71. The topological polar surface area (TPSA) is 58.9 Å². The summed E-state index contributed by atoms with van der Waals surface area (Å²) >= 11 is 0. The number of aryl methyl sites for hydroxylation is 4. The van der Waals surface area contributed by atoms with Gasteiger partial charge in [-0.2, -0.15) is 0 Å². The number of hydrogen-bond acceptors (Lipinski definition) is 4. The lowest BCUT2D eigenvalue weighted by Gasteiger charge is -2.24. The highest BCUT2D eigenvalue weighted by Crippen LogP contribution is 2.49. The second kappa shape index (κ2) is 19.0. The second-order valence-corrected chi connectivity index (χ2v) is 18.3. The van der Waals surface area contributed by atoms with E-state index < -0.39 is 23.8 Å². The molecule has 4 nitrogen and oxygen atoms in total. The van der Waals surface area contributed by atoms with E-state index >= 15 is 8.78 Å². The highest BCUT2D eigenvalue weighted by molar-refractivity contribution is 5.92. The molecular formula is C61H58F2O4. The van der Waals surface area contributed by atoms with E-state index in [1.807, 2.05) is 88.4 Å². The third kappa shape index (κ3) is 9.31. The minimum absolute atomic E-state index is 0.0389. The third-order valence-corrected chi connectivity index (χ3v) is 13.2. The molecule has 0 aliphatic heterocycles. The van der Waals surface area contributed by atoms with Crippen LogP contribution in [0.2, 0.25) is 0 Å². The summed E-state index contributed by atoms with van der Waals surface area (Å²) in [5.74, 6) is -0.0211. The zero-order chi connectivity index (χ0) is 47.8. The minimum Gasteiger partial charge on any atom is -0.507 e. The van der Waals surface area contributed by atoms with Crippen molar-refractivity contribution in [3.8, 4) is 89.8 Å². The first kappa shape index (κ1) is 46.4.